The van der Waals surface area contributed by atoms with Crippen LogP contribution in [0.4, 0.5) is 0 Å². The Morgan fingerprint density at radius 3 is 3.00 bits per heavy atom. The Labute approximate surface area is 113 Å². The van der Waals surface area contributed by atoms with Crippen molar-refractivity contribution in [1.82, 2.24) is 4.90 Å². The maximum Gasteiger partial charge on any atom is 0.223 e. The number of carbonyl (C=O) groups excluding carboxylic acids is 1. The van der Waals surface area contributed by atoms with Crippen LogP contribution < -0.4 is 5.73 Å². The zero-order valence-electron chi connectivity index (χ0n) is 10.8. The van der Waals surface area contributed by atoms with Crippen LogP contribution in [0.5, 0.6) is 0 Å². The number of benzene rings is 1. The summed E-state index contributed by atoms with van der Waals surface area (Å²) in [4.78, 5) is 14.2. The van der Waals surface area contributed by atoms with Gasteiger partial charge < -0.3 is 10.6 Å². The molecular weight excluding hydrogens is 244 g/mol. The lowest BCUT2D eigenvalue weighted by Gasteiger charge is -2.36. The van der Waals surface area contributed by atoms with Gasteiger partial charge in [0.1, 0.15) is 0 Å². The van der Waals surface area contributed by atoms with Gasteiger partial charge in [-0.05, 0) is 23.8 Å². The van der Waals surface area contributed by atoms with E-state index in [2.05, 4.69) is 18.2 Å². The van der Waals surface area contributed by atoms with Crippen molar-refractivity contribution in [2.75, 3.05) is 25.1 Å². The van der Waals surface area contributed by atoms with E-state index in [9.17, 15) is 4.79 Å². The van der Waals surface area contributed by atoms with E-state index in [0.717, 1.165) is 18.7 Å². The number of carbonyl (C=O) groups is 1. The van der Waals surface area contributed by atoms with Crippen molar-refractivity contribution in [3.63, 3.8) is 0 Å². The van der Waals surface area contributed by atoms with Gasteiger partial charge in [-0.1, -0.05) is 24.3 Å². The SMILES string of the molecule is CSCCC(=O)N1CCc2ccccc2C1CN. The topological polar surface area (TPSA) is 46.3 Å². The molecule has 0 fully saturated rings. The van der Waals surface area contributed by atoms with Gasteiger partial charge >= 0.3 is 0 Å². The molecule has 3 nitrogen and oxygen atoms in total. The van der Waals surface area contributed by atoms with E-state index in [4.69, 9.17) is 5.73 Å². The number of nitrogens with two attached hydrogens (primary N) is 1. The molecule has 98 valence electrons. The molecule has 1 heterocycles. The van der Waals surface area contributed by atoms with Gasteiger partial charge in [0, 0.05) is 25.3 Å². The summed E-state index contributed by atoms with van der Waals surface area (Å²) in [5, 5.41) is 0. The van der Waals surface area contributed by atoms with Gasteiger partial charge in [0.25, 0.3) is 0 Å². The van der Waals surface area contributed by atoms with Crippen LogP contribution in [0.1, 0.15) is 23.6 Å². The van der Waals surface area contributed by atoms with E-state index in [1.165, 1.54) is 11.1 Å². The van der Waals surface area contributed by atoms with Crippen LogP contribution in [-0.4, -0.2) is 35.9 Å². The van der Waals surface area contributed by atoms with Gasteiger partial charge in [-0.25, -0.2) is 0 Å². The van der Waals surface area contributed by atoms with Crippen LogP contribution in [0.2, 0.25) is 0 Å². The van der Waals surface area contributed by atoms with Gasteiger partial charge in [-0.15, -0.1) is 0 Å². The number of rotatable bonds is 4. The Morgan fingerprint density at radius 1 is 1.50 bits per heavy atom. The summed E-state index contributed by atoms with van der Waals surface area (Å²) in [6.45, 7) is 1.30. The van der Waals surface area contributed by atoms with Crippen molar-refractivity contribution in [1.29, 1.82) is 0 Å². The number of nitrogens with zero attached hydrogens (tertiary/aromatic N) is 1. The molecule has 0 bridgehead atoms. The minimum Gasteiger partial charge on any atom is -0.334 e. The molecule has 1 aliphatic rings. The van der Waals surface area contributed by atoms with Gasteiger partial charge in [0.05, 0.1) is 6.04 Å². The Bertz CT molecular complexity index is 422. The monoisotopic (exact) mass is 264 g/mol. The first-order valence-electron chi connectivity index (χ1n) is 6.34. The number of fused-ring (bicyclic) bond motifs is 1. The fourth-order valence-electron chi connectivity index (χ4n) is 2.54. The Morgan fingerprint density at radius 2 is 2.28 bits per heavy atom. The Hall–Kier alpha value is -1.00. The number of hydrogen-bond donors (Lipinski definition) is 1. The summed E-state index contributed by atoms with van der Waals surface area (Å²) in [6.07, 6.45) is 3.58. The third kappa shape index (κ3) is 2.70. The highest BCUT2D eigenvalue weighted by Crippen LogP contribution is 2.29. The molecule has 0 saturated heterocycles. The maximum absolute atomic E-state index is 12.2. The molecule has 4 heteroatoms. The molecule has 1 amide bonds. The minimum atomic E-state index is 0.0595. The normalized spacial score (nSPS) is 18.6. The summed E-state index contributed by atoms with van der Waals surface area (Å²) >= 11 is 1.71. The highest BCUT2D eigenvalue weighted by Gasteiger charge is 2.28. The smallest absolute Gasteiger partial charge is 0.223 e. The lowest BCUT2D eigenvalue weighted by atomic mass is 9.92. The first-order valence-corrected chi connectivity index (χ1v) is 7.73. The third-order valence-electron chi connectivity index (χ3n) is 3.48. The summed E-state index contributed by atoms with van der Waals surface area (Å²) in [7, 11) is 0. The average Bonchev–Trinajstić information content (AvgIpc) is 2.43. The highest BCUT2D eigenvalue weighted by molar-refractivity contribution is 7.98. The van der Waals surface area contributed by atoms with Crippen molar-refractivity contribution in [3.8, 4) is 0 Å². The second kappa shape index (κ2) is 6.25. The van der Waals surface area contributed by atoms with Gasteiger partial charge in [-0.3, -0.25) is 4.79 Å². The standard InChI is InChI=1S/C14H20N2OS/c1-18-9-7-14(17)16-8-6-11-4-2-3-5-12(11)13(16)10-15/h2-5,13H,6-10,15H2,1H3. The molecule has 0 spiro atoms. The van der Waals surface area contributed by atoms with Gasteiger partial charge in [0.2, 0.25) is 5.91 Å². The van der Waals surface area contributed by atoms with E-state index in [-0.39, 0.29) is 11.9 Å². The Balaban J connectivity index is 2.17. The summed E-state index contributed by atoms with van der Waals surface area (Å²) < 4.78 is 0. The molecule has 1 aromatic rings. The van der Waals surface area contributed by atoms with Crippen LogP contribution in [0, 0.1) is 0 Å². The van der Waals surface area contributed by atoms with Crippen LogP contribution in [-0.2, 0) is 11.2 Å². The molecule has 1 aliphatic heterocycles. The second-order valence-corrected chi connectivity index (χ2v) is 5.52. The number of amides is 1. The van der Waals surface area contributed by atoms with Gasteiger partial charge in [0.15, 0.2) is 0 Å². The van der Waals surface area contributed by atoms with Crippen molar-refractivity contribution >= 4 is 17.7 Å². The molecule has 1 unspecified atom stereocenters. The largest absolute Gasteiger partial charge is 0.334 e. The molecular formula is C14H20N2OS. The molecule has 0 aromatic heterocycles. The first-order chi connectivity index (χ1) is 8.77. The molecule has 0 aliphatic carbocycles. The van der Waals surface area contributed by atoms with Crippen LogP contribution in [0.15, 0.2) is 24.3 Å². The molecule has 2 N–H and O–H groups in total. The predicted molar refractivity (Wildman–Crippen MR) is 76.7 cm³/mol. The first kappa shape index (κ1) is 13.4. The average molecular weight is 264 g/mol. The van der Waals surface area contributed by atoms with E-state index >= 15 is 0 Å². The number of hydrogen-bond acceptors (Lipinski definition) is 3. The van der Waals surface area contributed by atoms with Crippen molar-refractivity contribution < 1.29 is 4.79 Å². The molecule has 0 radical (unpaired) electrons. The lowest BCUT2D eigenvalue weighted by Crippen LogP contribution is -2.43. The predicted octanol–water partition coefficient (Wildman–Crippen LogP) is 1.82. The number of thioether (sulfide) groups is 1. The van der Waals surface area contributed by atoms with E-state index in [1.807, 2.05) is 17.2 Å². The van der Waals surface area contributed by atoms with Gasteiger partial charge in [-0.2, -0.15) is 11.8 Å². The van der Waals surface area contributed by atoms with Crippen LogP contribution in [0.3, 0.4) is 0 Å². The third-order valence-corrected chi connectivity index (χ3v) is 4.09. The Kier molecular flexibility index (Phi) is 4.66. The van der Waals surface area contributed by atoms with Crippen LogP contribution in [0.25, 0.3) is 0 Å². The molecule has 1 atom stereocenters. The summed E-state index contributed by atoms with van der Waals surface area (Å²) in [5.41, 5.74) is 8.44. The zero-order valence-corrected chi connectivity index (χ0v) is 11.6. The lowest BCUT2D eigenvalue weighted by molar-refractivity contribution is -0.133. The minimum absolute atomic E-state index is 0.0595. The van der Waals surface area contributed by atoms with Crippen LogP contribution >= 0.6 is 11.8 Å². The molecule has 2 rings (SSSR count). The maximum atomic E-state index is 12.2. The van der Waals surface area contributed by atoms with E-state index in [0.29, 0.717) is 13.0 Å². The zero-order chi connectivity index (χ0) is 13.0. The highest BCUT2D eigenvalue weighted by atomic mass is 32.2. The van der Waals surface area contributed by atoms with Crippen molar-refractivity contribution in [2.24, 2.45) is 5.73 Å². The summed E-state index contributed by atoms with van der Waals surface area (Å²) in [5.74, 6) is 1.11. The summed E-state index contributed by atoms with van der Waals surface area (Å²) in [6, 6.07) is 8.38. The fourth-order valence-corrected chi connectivity index (χ4v) is 2.92. The molecule has 18 heavy (non-hydrogen) atoms. The quantitative estimate of drug-likeness (QED) is 0.902. The fraction of sp³-hybridized carbons (Fsp3) is 0.500. The molecule has 0 saturated carbocycles. The van der Waals surface area contributed by atoms with E-state index < -0.39 is 0 Å². The molecule has 1 aromatic carbocycles. The van der Waals surface area contributed by atoms with Crippen molar-refractivity contribution in [3.05, 3.63) is 35.4 Å². The second-order valence-electron chi connectivity index (χ2n) is 4.53. The van der Waals surface area contributed by atoms with E-state index in [1.54, 1.807) is 11.8 Å². The van der Waals surface area contributed by atoms with Crippen molar-refractivity contribution in [2.45, 2.75) is 18.9 Å².